The van der Waals surface area contributed by atoms with Gasteiger partial charge in [-0.3, -0.25) is 9.59 Å². The number of amides is 2. The Hall–Kier alpha value is -2.05. The molecule has 2 aromatic rings. The van der Waals surface area contributed by atoms with Crippen LogP contribution < -0.4 is 15.4 Å². The first-order valence-corrected chi connectivity index (χ1v) is 11.8. The fourth-order valence-electron chi connectivity index (χ4n) is 3.84. The second kappa shape index (κ2) is 10.5. The summed E-state index contributed by atoms with van der Waals surface area (Å²) >= 11 is 9.72. The van der Waals surface area contributed by atoms with Crippen LogP contribution in [0.1, 0.15) is 60.5 Å². The average Bonchev–Trinajstić information content (AvgIpc) is 2.72. The Morgan fingerprint density at radius 1 is 1.10 bits per heavy atom. The molecule has 1 aliphatic carbocycles. The zero-order valence-corrected chi connectivity index (χ0v) is 20.4. The third-order valence-electron chi connectivity index (χ3n) is 5.51. The normalized spacial score (nSPS) is 15.3. The standard InChI is InChI=1S/C24H28BrClN2O3/c1-14-11-17(25)12-15(2)22(14)31-16(3)23(29)28-19-9-10-21(26)20(13-19)24(30)27-18-7-5-4-6-8-18/h9-13,16,18H,4-8H2,1-3H3,(H,27,30)(H,28,29). The molecule has 1 unspecified atom stereocenters. The molecule has 166 valence electrons. The lowest BCUT2D eigenvalue weighted by atomic mass is 9.95. The molecule has 0 saturated heterocycles. The number of rotatable bonds is 6. The third kappa shape index (κ3) is 6.23. The lowest BCUT2D eigenvalue weighted by Crippen LogP contribution is -2.36. The van der Waals surface area contributed by atoms with E-state index in [1.165, 1.54) is 6.42 Å². The van der Waals surface area contributed by atoms with Crippen LogP contribution in [-0.2, 0) is 4.79 Å². The number of halogens is 2. The van der Waals surface area contributed by atoms with Crippen molar-refractivity contribution < 1.29 is 14.3 Å². The van der Waals surface area contributed by atoms with Crippen LogP contribution in [0, 0.1) is 13.8 Å². The number of hydrogen-bond acceptors (Lipinski definition) is 3. The Balaban J connectivity index is 1.67. The third-order valence-corrected chi connectivity index (χ3v) is 6.30. The minimum atomic E-state index is -0.714. The molecule has 2 amide bonds. The highest BCUT2D eigenvalue weighted by Gasteiger charge is 2.21. The maximum absolute atomic E-state index is 12.7. The van der Waals surface area contributed by atoms with Crippen molar-refractivity contribution in [1.82, 2.24) is 5.32 Å². The number of carbonyl (C=O) groups excluding carboxylic acids is 2. The second-order valence-corrected chi connectivity index (χ2v) is 9.44. The van der Waals surface area contributed by atoms with Crippen molar-refractivity contribution >= 4 is 45.0 Å². The van der Waals surface area contributed by atoms with E-state index < -0.39 is 6.10 Å². The molecule has 0 spiro atoms. The van der Waals surface area contributed by atoms with Gasteiger partial charge in [0.05, 0.1) is 10.6 Å². The number of anilines is 1. The molecular weight excluding hydrogens is 480 g/mol. The lowest BCUT2D eigenvalue weighted by Gasteiger charge is -2.23. The molecule has 1 fully saturated rings. The van der Waals surface area contributed by atoms with E-state index >= 15 is 0 Å². The van der Waals surface area contributed by atoms with Crippen LogP contribution in [0.25, 0.3) is 0 Å². The van der Waals surface area contributed by atoms with Crippen LogP contribution in [0.4, 0.5) is 5.69 Å². The van der Waals surface area contributed by atoms with Crippen LogP contribution in [0.2, 0.25) is 5.02 Å². The monoisotopic (exact) mass is 506 g/mol. The largest absolute Gasteiger partial charge is 0.480 e. The van der Waals surface area contributed by atoms with Crippen LogP contribution in [0.15, 0.2) is 34.8 Å². The van der Waals surface area contributed by atoms with Crippen molar-refractivity contribution in [3.8, 4) is 5.75 Å². The van der Waals surface area contributed by atoms with Crippen LogP contribution in [0.3, 0.4) is 0 Å². The second-order valence-electron chi connectivity index (χ2n) is 8.12. The van der Waals surface area contributed by atoms with Crippen LogP contribution in [0.5, 0.6) is 5.75 Å². The quantitative estimate of drug-likeness (QED) is 0.490. The van der Waals surface area contributed by atoms with Gasteiger partial charge in [-0.2, -0.15) is 0 Å². The van der Waals surface area contributed by atoms with Crippen molar-refractivity contribution in [2.45, 2.75) is 65.0 Å². The van der Waals surface area contributed by atoms with Gasteiger partial charge >= 0.3 is 0 Å². The summed E-state index contributed by atoms with van der Waals surface area (Å²) < 4.78 is 6.89. The predicted octanol–water partition coefficient (Wildman–Crippen LogP) is 6.19. The first kappa shape index (κ1) is 23.6. The van der Waals surface area contributed by atoms with E-state index in [2.05, 4.69) is 26.6 Å². The maximum Gasteiger partial charge on any atom is 0.265 e. The molecule has 0 aromatic heterocycles. The molecule has 1 aliphatic rings. The van der Waals surface area contributed by atoms with Crippen LogP contribution in [-0.4, -0.2) is 24.0 Å². The van der Waals surface area contributed by atoms with Gasteiger partial charge in [-0.05, 0) is 75.1 Å². The summed E-state index contributed by atoms with van der Waals surface area (Å²) in [6.07, 6.45) is 4.74. The molecule has 2 aromatic carbocycles. The van der Waals surface area contributed by atoms with Gasteiger partial charge in [-0.25, -0.2) is 0 Å². The fourth-order valence-corrected chi connectivity index (χ4v) is 4.73. The topological polar surface area (TPSA) is 67.4 Å². The van der Waals surface area contributed by atoms with Gasteiger partial charge in [0.25, 0.3) is 11.8 Å². The molecule has 5 nitrogen and oxygen atoms in total. The highest BCUT2D eigenvalue weighted by molar-refractivity contribution is 9.10. The summed E-state index contributed by atoms with van der Waals surface area (Å²) in [7, 11) is 0. The van der Waals surface area contributed by atoms with E-state index in [-0.39, 0.29) is 17.9 Å². The van der Waals surface area contributed by atoms with Crippen molar-refractivity contribution in [2.24, 2.45) is 0 Å². The summed E-state index contributed by atoms with van der Waals surface area (Å²) in [5, 5.41) is 6.25. The van der Waals surface area contributed by atoms with Gasteiger partial charge < -0.3 is 15.4 Å². The summed E-state index contributed by atoms with van der Waals surface area (Å²) in [5.74, 6) is 0.176. The summed E-state index contributed by atoms with van der Waals surface area (Å²) in [4.78, 5) is 25.4. The van der Waals surface area contributed by atoms with Gasteiger partial charge in [-0.1, -0.05) is 46.8 Å². The Morgan fingerprint density at radius 3 is 2.39 bits per heavy atom. The van der Waals surface area contributed by atoms with Crippen molar-refractivity contribution in [3.05, 3.63) is 56.5 Å². The highest BCUT2D eigenvalue weighted by Crippen LogP contribution is 2.28. The molecule has 0 aliphatic heterocycles. The molecule has 3 rings (SSSR count). The Kier molecular flexibility index (Phi) is 8.00. The molecule has 0 radical (unpaired) electrons. The lowest BCUT2D eigenvalue weighted by molar-refractivity contribution is -0.122. The zero-order valence-electron chi connectivity index (χ0n) is 18.1. The molecule has 7 heteroatoms. The highest BCUT2D eigenvalue weighted by atomic mass is 79.9. The van der Waals surface area contributed by atoms with E-state index in [9.17, 15) is 9.59 Å². The number of ether oxygens (including phenoxy) is 1. The molecule has 0 bridgehead atoms. The first-order valence-electron chi connectivity index (χ1n) is 10.6. The molecule has 2 N–H and O–H groups in total. The molecular formula is C24H28BrClN2O3. The Labute approximate surface area is 197 Å². The van der Waals surface area contributed by atoms with Crippen molar-refractivity contribution in [3.63, 3.8) is 0 Å². The van der Waals surface area contributed by atoms with Crippen molar-refractivity contribution in [1.29, 1.82) is 0 Å². The van der Waals surface area contributed by atoms with Gasteiger partial charge in [0.2, 0.25) is 0 Å². The van der Waals surface area contributed by atoms with E-state index in [0.717, 1.165) is 41.3 Å². The molecule has 0 heterocycles. The minimum absolute atomic E-state index is 0.182. The van der Waals surface area contributed by atoms with Crippen molar-refractivity contribution in [2.75, 3.05) is 5.32 Å². The van der Waals surface area contributed by atoms with E-state index in [4.69, 9.17) is 16.3 Å². The molecule has 1 atom stereocenters. The Morgan fingerprint density at radius 2 is 1.74 bits per heavy atom. The number of aryl methyl sites for hydroxylation is 2. The molecule has 1 saturated carbocycles. The average molecular weight is 508 g/mol. The minimum Gasteiger partial charge on any atom is -0.480 e. The van der Waals surface area contributed by atoms with Gasteiger partial charge in [-0.15, -0.1) is 0 Å². The number of carbonyl (C=O) groups is 2. The molecule has 31 heavy (non-hydrogen) atoms. The predicted molar refractivity (Wildman–Crippen MR) is 128 cm³/mol. The summed E-state index contributed by atoms with van der Waals surface area (Å²) in [6, 6.07) is 9.00. The van der Waals surface area contributed by atoms with E-state index in [1.807, 2.05) is 26.0 Å². The zero-order chi connectivity index (χ0) is 22.5. The van der Waals surface area contributed by atoms with E-state index in [0.29, 0.717) is 22.0 Å². The Bertz CT molecular complexity index is 950. The van der Waals surface area contributed by atoms with Gasteiger partial charge in [0, 0.05) is 16.2 Å². The first-order chi connectivity index (χ1) is 14.7. The van der Waals surface area contributed by atoms with Gasteiger partial charge in [0.15, 0.2) is 6.10 Å². The summed E-state index contributed by atoms with van der Waals surface area (Å²) in [5.41, 5.74) is 2.75. The fraction of sp³-hybridized carbons (Fsp3) is 0.417. The number of hydrogen-bond donors (Lipinski definition) is 2. The summed E-state index contributed by atoms with van der Waals surface area (Å²) in [6.45, 7) is 5.57. The maximum atomic E-state index is 12.7. The smallest absolute Gasteiger partial charge is 0.265 e. The number of nitrogens with one attached hydrogen (secondary N) is 2. The van der Waals surface area contributed by atoms with Crippen LogP contribution >= 0.6 is 27.5 Å². The SMILES string of the molecule is Cc1cc(Br)cc(C)c1OC(C)C(=O)Nc1ccc(Cl)c(C(=O)NC2CCCCC2)c1. The number of benzene rings is 2. The van der Waals surface area contributed by atoms with E-state index in [1.54, 1.807) is 25.1 Å². The van der Waals surface area contributed by atoms with Gasteiger partial charge in [0.1, 0.15) is 5.75 Å².